The van der Waals surface area contributed by atoms with Gasteiger partial charge in [0.2, 0.25) is 0 Å². The third kappa shape index (κ3) is 6.14. The van der Waals surface area contributed by atoms with E-state index in [0.29, 0.717) is 12.0 Å². The molecule has 0 aliphatic heterocycles. The van der Waals surface area contributed by atoms with Crippen molar-refractivity contribution < 1.29 is 24.2 Å². The van der Waals surface area contributed by atoms with Gasteiger partial charge in [0.1, 0.15) is 0 Å². The first kappa shape index (κ1) is 21.6. The summed E-state index contributed by atoms with van der Waals surface area (Å²) < 4.78 is 5.26. The van der Waals surface area contributed by atoms with Crippen LogP contribution in [0.2, 0.25) is 0 Å². The number of carbonyl (C=O) groups is 3. The molecule has 0 heterocycles. The second kappa shape index (κ2) is 9.32. The van der Waals surface area contributed by atoms with Crippen LogP contribution in [-0.2, 0) is 19.1 Å². The van der Waals surface area contributed by atoms with Crippen molar-refractivity contribution in [2.45, 2.75) is 60.0 Å². The van der Waals surface area contributed by atoms with Crippen LogP contribution in [0.5, 0.6) is 0 Å². The SMILES string of the molecule is C/C=C/C=C(C)/C=C/C1=C(C)C(=O)C(OC(=O)CCC(=O)O)CC1(C)C. The summed E-state index contributed by atoms with van der Waals surface area (Å²) >= 11 is 0. The predicted molar refractivity (Wildman–Crippen MR) is 101 cm³/mol. The standard InChI is InChI=1S/C21H28O5/c1-6-7-8-14(2)9-10-16-15(3)20(25)17(13-21(16,4)5)26-19(24)12-11-18(22)23/h6-10,17H,11-13H2,1-5H3,(H,22,23)/b7-6+,10-9+,14-8+. The second-order valence-corrected chi connectivity index (χ2v) is 7.13. The average Bonchev–Trinajstić information content (AvgIpc) is 2.55. The predicted octanol–water partition coefficient (Wildman–Crippen LogP) is 4.16. The Labute approximate surface area is 155 Å². The van der Waals surface area contributed by atoms with Gasteiger partial charge in [-0.1, -0.05) is 49.8 Å². The number of hydrogen-bond donors (Lipinski definition) is 1. The Balaban J connectivity index is 2.97. The maximum Gasteiger partial charge on any atom is 0.307 e. The van der Waals surface area contributed by atoms with E-state index in [2.05, 4.69) is 0 Å². The first-order chi connectivity index (χ1) is 12.1. The number of esters is 1. The summed E-state index contributed by atoms with van der Waals surface area (Å²) in [6.07, 6.45) is 8.77. The number of ether oxygens (including phenoxy) is 1. The number of carbonyl (C=O) groups excluding carboxylic acids is 2. The highest BCUT2D eigenvalue weighted by molar-refractivity contribution is 6.01. The largest absolute Gasteiger partial charge is 0.481 e. The van der Waals surface area contributed by atoms with Gasteiger partial charge in [-0.3, -0.25) is 14.4 Å². The fourth-order valence-corrected chi connectivity index (χ4v) is 2.94. The topological polar surface area (TPSA) is 80.7 Å². The Morgan fingerprint density at radius 2 is 1.96 bits per heavy atom. The van der Waals surface area contributed by atoms with Crippen LogP contribution >= 0.6 is 0 Å². The Hall–Kier alpha value is -2.43. The van der Waals surface area contributed by atoms with Gasteiger partial charge >= 0.3 is 11.9 Å². The van der Waals surface area contributed by atoms with Crippen LogP contribution in [-0.4, -0.2) is 28.9 Å². The van der Waals surface area contributed by atoms with E-state index in [1.807, 2.05) is 58.1 Å². The van der Waals surface area contributed by atoms with E-state index in [9.17, 15) is 14.4 Å². The minimum atomic E-state index is -1.07. The molecule has 0 aromatic rings. The highest BCUT2D eigenvalue weighted by atomic mass is 16.5. The summed E-state index contributed by atoms with van der Waals surface area (Å²) in [5, 5.41) is 8.64. The van der Waals surface area contributed by atoms with Crippen LogP contribution in [0.4, 0.5) is 0 Å². The van der Waals surface area contributed by atoms with Crippen molar-refractivity contribution >= 4 is 17.7 Å². The van der Waals surface area contributed by atoms with Crippen molar-refractivity contribution in [3.8, 4) is 0 Å². The Morgan fingerprint density at radius 3 is 2.54 bits per heavy atom. The van der Waals surface area contributed by atoms with Gasteiger partial charge in [-0.05, 0) is 37.3 Å². The zero-order chi connectivity index (χ0) is 19.9. The van der Waals surface area contributed by atoms with E-state index >= 15 is 0 Å². The Kier molecular flexibility index (Phi) is 7.75. The van der Waals surface area contributed by atoms with Crippen molar-refractivity contribution in [1.29, 1.82) is 0 Å². The van der Waals surface area contributed by atoms with E-state index in [1.54, 1.807) is 6.92 Å². The van der Waals surface area contributed by atoms with Gasteiger partial charge in [-0.2, -0.15) is 0 Å². The summed E-state index contributed by atoms with van der Waals surface area (Å²) in [6.45, 7) is 9.68. The van der Waals surface area contributed by atoms with Crippen LogP contribution in [0.1, 0.15) is 53.9 Å². The van der Waals surface area contributed by atoms with Gasteiger partial charge < -0.3 is 9.84 Å². The molecule has 5 nitrogen and oxygen atoms in total. The molecule has 0 amide bonds. The fraction of sp³-hybridized carbons (Fsp3) is 0.476. The molecule has 1 rings (SSSR count). The minimum Gasteiger partial charge on any atom is -0.481 e. The normalized spacial score (nSPS) is 20.9. The fourth-order valence-electron chi connectivity index (χ4n) is 2.94. The first-order valence-corrected chi connectivity index (χ1v) is 8.73. The molecule has 1 aliphatic carbocycles. The number of hydrogen-bond acceptors (Lipinski definition) is 4. The zero-order valence-electron chi connectivity index (χ0n) is 16.2. The molecule has 26 heavy (non-hydrogen) atoms. The van der Waals surface area contributed by atoms with E-state index < -0.39 is 18.0 Å². The first-order valence-electron chi connectivity index (χ1n) is 8.73. The average molecular weight is 360 g/mol. The molecule has 1 aliphatic rings. The van der Waals surface area contributed by atoms with Gasteiger partial charge in [0.05, 0.1) is 12.8 Å². The molecule has 1 atom stereocenters. The van der Waals surface area contributed by atoms with Gasteiger partial charge in [-0.15, -0.1) is 0 Å². The minimum absolute atomic E-state index is 0.220. The molecular formula is C21H28O5. The van der Waals surface area contributed by atoms with Crippen molar-refractivity contribution in [2.75, 3.05) is 0 Å². The molecule has 0 radical (unpaired) electrons. The number of carboxylic acids is 1. The van der Waals surface area contributed by atoms with Gasteiger partial charge in [0.15, 0.2) is 11.9 Å². The van der Waals surface area contributed by atoms with Crippen molar-refractivity contribution in [3.63, 3.8) is 0 Å². The van der Waals surface area contributed by atoms with Gasteiger partial charge in [-0.25, -0.2) is 0 Å². The molecule has 0 fully saturated rings. The summed E-state index contributed by atoms with van der Waals surface area (Å²) in [4.78, 5) is 34.9. The number of ketones is 1. The zero-order valence-corrected chi connectivity index (χ0v) is 16.2. The van der Waals surface area contributed by atoms with Gasteiger partial charge in [0, 0.05) is 6.42 Å². The summed E-state index contributed by atoms with van der Waals surface area (Å²) in [5.41, 5.74) is 2.22. The molecule has 1 unspecified atom stereocenters. The monoisotopic (exact) mass is 360 g/mol. The van der Waals surface area contributed by atoms with E-state index in [0.717, 1.165) is 11.1 Å². The lowest BCUT2D eigenvalue weighted by Gasteiger charge is -2.36. The number of aliphatic carboxylic acids is 1. The number of Topliss-reactive ketones (excluding diaryl/α,β-unsaturated/α-hetero) is 1. The quantitative estimate of drug-likeness (QED) is 0.545. The molecule has 0 saturated heterocycles. The van der Waals surface area contributed by atoms with Crippen LogP contribution in [0.25, 0.3) is 0 Å². The molecule has 0 saturated carbocycles. The van der Waals surface area contributed by atoms with Crippen LogP contribution in [0.3, 0.4) is 0 Å². The molecule has 0 spiro atoms. The van der Waals surface area contributed by atoms with E-state index in [4.69, 9.17) is 9.84 Å². The lowest BCUT2D eigenvalue weighted by molar-refractivity contribution is -0.157. The molecular weight excluding hydrogens is 332 g/mol. The third-order valence-electron chi connectivity index (χ3n) is 4.37. The summed E-state index contributed by atoms with van der Waals surface area (Å²) in [7, 11) is 0. The lowest BCUT2D eigenvalue weighted by Crippen LogP contribution is -2.39. The van der Waals surface area contributed by atoms with Crippen molar-refractivity contribution in [1.82, 2.24) is 0 Å². The highest BCUT2D eigenvalue weighted by Crippen LogP contribution is 2.40. The molecule has 0 aromatic carbocycles. The molecule has 1 N–H and O–H groups in total. The van der Waals surface area contributed by atoms with Gasteiger partial charge in [0.25, 0.3) is 0 Å². The summed E-state index contributed by atoms with van der Waals surface area (Å²) in [6, 6.07) is 0. The number of allylic oxidation sites excluding steroid dienone is 7. The lowest BCUT2D eigenvalue weighted by atomic mass is 9.71. The second-order valence-electron chi connectivity index (χ2n) is 7.13. The molecule has 142 valence electrons. The van der Waals surface area contributed by atoms with E-state index in [-0.39, 0.29) is 24.0 Å². The van der Waals surface area contributed by atoms with Crippen molar-refractivity contribution in [2.24, 2.45) is 5.41 Å². The maximum absolute atomic E-state index is 12.6. The van der Waals surface area contributed by atoms with Crippen molar-refractivity contribution in [3.05, 3.63) is 47.1 Å². The van der Waals surface area contributed by atoms with Crippen LogP contribution in [0, 0.1) is 5.41 Å². The van der Waals surface area contributed by atoms with Crippen LogP contribution in [0.15, 0.2) is 47.1 Å². The number of rotatable bonds is 7. The van der Waals surface area contributed by atoms with E-state index in [1.165, 1.54) is 0 Å². The third-order valence-corrected chi connectivity index (χ3v) is 4.37. The number of carboxylic acid groups (broad SMARTS) is 1. The highest BCUT2D eigenvalue weighted by Gasteiger charge is 2.39. The molecule has 0 aromatic heterocycles. The smallest absolute Gasteiger partial charge is 0.307 e. The molecule has 5 heteroatoms. The Morgan fingerprint density at radius 1 is 1.31 bits per heavy atom. The Bertz CT molecular complexity index is 689. The molecule has 0 bridgehead atoms. The van der Waals surface area contributed by atoms with Crippen LogP contribution < -0.4 is 0 Å². The summed E-state index contributed by atoms with van der Waals surface area (Å²) in [5.74, 6) is -1.94. The maximum atomic E-state index is 12.6.